The van der Waals surface area contributed by atoms with Crippen LogP contribution in [0.5, 0.6) is 5.88 Å². The van der Waals surface area contributed by atoms with Crippen LogP contribution in [0.15, 0.2) is 61.2 Å². The molecule has 0 atom stereocenters. The first-order valence-electron chi connectivity index (χ1n) is 8.32. The van der Waals surface area contributed by atoms with Gasteiger partial charge < -0.3 is 9.64 Å². The molecule has 1 amide bonds. The Bertz CT molecular complexity index is 1060. The maximum absolute atomic E-state index is 12.4. The van der Waals surface area contributed by atoms with E-state index in [4.69, 9.17) is 4.74 Å². The molecule has 27 heavy (non-hydrogen) atoms. The van der Waals surface area contributed by atoms with E-state index < -0.39 is 0 Å². The first-order valence-corrected chi connectivity index (χ1v) is 8.32. The molecular weight excluding hydrogens is 346 g/mol. The van der Waals surface area contributed by atoms with Gasteiger partial charge in [-0.3, -0.25) is 4.79 Å². The van der Waals surface area contributed by atoms with Crippen LogP contribution in [-0.4, -0.2) is 54.1 Å². The van der Waals surface area contributed by atoms with Crippen molar-refractivity contribution in [1.82, 2.24) is 34.5 Å². The summed E-state index contributed by atoms with van der Waals surface area (Å²) in [6.45, 7) is 0.366. The largest absolute Gasteiger partial charge is 0.467 e. The van der Waals surface area contributed by atoms with Gasteiger partial charge in [-0.1, -0.05) is 12.1 Å². The number of carbonyl (C=O) groups is 1. The number of ether oxygens (including phenoxy) is 1. The summed E-state index contributed by atoms with van der Waals surface area (Å²) >= 11 is 0. The number of fused-ring (bicyclic) bond motifs is 1. The van der Waals surface area contributed by atoms with Crippen LogP contribution in [-0.2, 0) is 11.3 Å². The quantitative estimate of drug-likeness (QED) is 0.514. The minimum atomic E-state index is -0.148. The zero-order valence-corrected chi connectivity index (χ0v) is 14.6. The Kier molecular flexibility index (Phi) is 4.48. The van der Waals surface area contributed by atoms with Crippen LogP contribution >= 0.6 is 0 Å². The molecule has 0 spiro atoms. The monoisotopic (exact) mass is 363 g/mol. The Morgan fingerprint density at radius 3 is 3.00 bits per heavy atom. The molecule has 0 N–H and O–H groups in total. The van der Waals surface area contributed by atoms with Gasteiger partial charge in [-0.2, -0.15) is 9.61 Å². The van der Waals surface area contributed by atoms with Crippen molar-refractivity contribution in [2.75, 3.05) is 13.7 Å². The van der Waals surface area contributed by atoms with Gasteiger partial charge in [0, 0.05) is 32.1 Å². The highest BCUT2D eigenvalue weighted by atomic mass is 16.5. The molecule has 9 heteroatoms. The zero-order chi connectivity index (χ0) is 18.6. The van der Waals surface area contributed by atoms with Crippen LogP contribution in [0.4, 0.5) is 0 Å². The molecule has 0 aliphatic carbocycles. The molecule has 0 bridgehead atoms. The van der Waals surface area contributed by atoms with Gasteiger partial charge in [-0.25, -0.2) is 4.68 Å². The highest BCUT2D eigenvalue weighted by Gasteiger charge is 2.12. The first-order chi connectivity index (χ1) is 13.2. The summed E-state index contributed by atoms with van der Waals surface area (Å²) < 4.78 is 8.76. The highest BCUT2D eigenvalue weighted by molar-refractivity contribution is 5.77. The first kappa shape index (κ1) is 16.7. The second-order valence-corrected chi connectivity index (χ2v) is 5.96. The molecule has 0 aliphatic heterocycles. The molecule has 0 radical (unpaired) electrons. The Morgan fingerprint density at radius 2 is 2.15 bits per heavy atom. The summed E-state index contributed by atoms with van der Waals surface area (Å²) in [5.41, 5.74) is 2.56. The van der Waals surface area contributed by atoms with Gasteiger partial charge in [-0.05, 0) is 29.8 Å². The number of carbonyl (C=O) groups excluding carboxylic acids is 1. The minimum Gasteiger partial charge on any atom is -0.467 e. The fourth-order valence-corrected chi connectivity index (χ4v) is 2.61. The molecule has 9 nitrogen and oxygen atoms in total. The predicted octanol–water partition coefficient (Wildman–Crippen LogP) is 1.35. The summed E-state index contributed by atoms with van der Waals surface area (Å²) in [4.78, 5) is 14.0. The Balaban J connectivity index is 1.37. The third-order valence-corrected chi connectivity index (χ3v) is 4.01. The number of likely N-dealkylation sites (N-methyl/N-ethyl adjacent to an activating group) is 1. The second-order valence-electron chi connectivity index (χ2n) is 5.96. The summed E-state index contributed by atoms with van der Waals surface area (Å²) in [6.07, 6.45) is 5.08. The van der Waals surface area contributed by atoms with E-state index in [0.29, 0.717) is 18.1 Å². The molecule has 0 saturated heterocycles. The fourth-order valence-electron chi connectivity index (χ4n) is 2.61. The summed E-state index contributed by atoms with van der Waals surface area (Å²) in [5.74, 6) is 0.190. The molecule has 4 rings (SSSR count). The average molecular weight is 363 g/mol. The maximum atomic E-state index is 12.4. The molecule has 0 fully saturated rings. The van der Waals surface area contributed by atoms with E-state index in [1.807, 2.05) is 36.5 Å². The molecule has 0 aliphatic rings. The van der Waals surface area contributed by atoms with E-state index in [-0.39, 0.29) is 12.5 Å². The number of aromatic nitrogens is 6. The fraction of sp³-hybridized carbons (Fsp3) is 0.167. The van der Waals surface area contributed by atoms with E-state index in [1.54, 1.807) is 35.0 Å². The van der Waals surface area contributed by atoms with Gasteiger partial charge in [0.25, 0.3) is 5.91 Å². The van der Waals surface area contributed by atoms with Gasteiger partial charge >= 0.3 is 0 Å². The van der Waals surface area contributed by atoms with Gasteiger partial charge in [0.05, 0.1) is 5.69 Å². The number of hydrogen-bond donors (Lipinski definition) is 0. The van der Waals surface area contributed by atoms with E-state index in [0.717, 1.165) is 11.3 Å². The lowest BCUT2D eigenvalue weighted by Crippen LogP contribution is -2.31. The number of rotatable bonds is 6. The summed E-state index contributed by atoms with van der Waals surface area (Å²) in [6, 6.07) is 13.1. The van der Waals surface area contributed by atoms with Crippen LogP contribution in [0.1, 0.15) is 5.56 Å². The van der Waals surface area contributed by atoms with Gasteiger partial charge in [0.1, 0.15) is 6.33 Å². The number of amides is 1. The normalized spacial score (nSPS) is 10.9. The lowest BCUT2D eigenvalue weighted by atomic mass is 10.2. The second kappa shape index (κ2) is 7.24. The Labute approximate surface area is 154 Å². The Morgan fingerprint density at radius 1 is 1.22 bits per heavy atom. The van der Waals surface area contributed by atoms with Crippen molar-refractivity contribution >= 4 is 11.6 Å². The molecule has 3 aromatic heterocycles. The lowest BCUT2D eigenvalue weighted by molar-refractivity contribution is -0.132. The summed E-state index contributed by atoms with van der Waals surface area (Å²) in [5, 5.41) is 16.0. The van der Waals surface area contributed by atoms with Crippen LogP contribution in [0, 0.1) is 0 Å². The van der Waals surface area contributed by atoms with Crippen LogP contribution in [0.25, 0.3) is 11.3 Å². The third kappa shape index (κ3) is 3.76. The number of benzene rings is 1. The number of hydrogen-bond acceptors (Lipinski definition) is 6. The standard InChI is InChI=1S/C18H17N7O2/c1-23(11-14-4-2-5-15(10-14)24-9-3-8-20-24)18(26)12-27-17-7-6-16-21-19-13-25(16)22-17/h2-10,13H,11-12H2,1H3. The summed E-state index contributed by atoms with van der Waals surface area (Å²) in [7, 11) is 1.74. The van der Waals surface area contributed by atoms with Crippen molar-refractivity contribution in [3.8, 4) is 11.6 Å². The Hall–Kier alpha value is -3.75. The van der Waals surface area contributed by atoms with Crippen molar-refractivity contribution in [2.45, 2.75) is 6.54 Å². The predicted molar refractivity (Wildman–Crippen MR) is 96.3 cm³/mol. The van der Waals surface area contributed by atoms with Gasteiger partial charge in [-0.15, -0.1) is 15.3 Å². The van der Waals surface area contributed by atoms with Gasteiger partial charge in [0.2, 0.25) is 5.88 Å². The molecular formula is C18H17N7O2. The van der Waals surface area contributed by atoms with Crippen LogP contribution in [0.3, 0.4) is 0 Å². The highest BCUT2D eigenvalue weighted by Crippen LogP contribution is 2.12. The van der Waals surface area contributed by atoms with Crippen molar-refractivity contribution in [2.24, 2.45) is 0 Å². The van der Waals surface area contributed by atoms with E-state index >= 15 is 0 Å². The molecule has 0 unspecified atom stereocenters. The SMILES string of the molecule is CN(Cc1cccc(-n2cccn2)c1)C(=O)COc1ccc2nncn2n1. The molecule has 0 saturated carbocycles. The number of nitrogens with zero attached hydrogens (tertiary/aromatic N) is 7. The van der Waals surface area contributed by atoms with E-state index in [2.05, 4.69) is 20.4 Å². The maximum Gasteiger partial charge on any atom is 0.260 e. The topological polar surface area (TPSA) is 90.4 Å². The lowest BCUT2D eigenvalue weighted by Gasteiger charge is -2.18. The molecule has 3 heterocycles. The molecule has 1 aromatic carbocycles. The zero-order valence-electron chi connectivity index (χ0n) is 14.6. The van der Waals surface area contributed by atoms with Crippen molar-refractivity contribution in [3.05, 3.63) is 66.7 Å². The minimum absolute atomic E-state index is 0.101. The van der Waals surface area contributed by atoms with Crippen molar-refractivity contribution in [3.63, 3.8) is 0 Å². The van der Waals surface area contributed by atoms with Crippen molar-refractivity contribution in [1.29, 1.82) is 0 Å². The average Bonchev–Trinajstić information content (AvgIpc) is 3.37. The van der Waals surface area contributed by atoms with E-state index in [9.17, 15) is 4.79 Å². The smallest absolute Gasteiger partial charge is 0.260 e. The van der Waals surface area contributed by atoms with Crippen LogP contribution in [0.2, 0.25) is 0 Å². The van der Waals surface area contributed by atoms with E-state index in [1.165, 1.54) is 10.8 Å². The third-order valence-electron chi connectivity index (χ3n) is 4.01. The van der Waals surface area contributed by atoms with Crippen molar-refractivity contribution < 1.29 is 9.53 Å². The molecule has 136 valence electrons. The van der Waals surface area contributed by atoms with Gasteiger partial charge in [0.15, 0.2) is 12.3 Å². The van der Waals surface area contributed by atoms with Crippen LogP contribution < -0.4 is 4.74 Å². The molecule has 4 aromatic rings.